The number of ether oxygens (including phenoxy) is 1. The van der Waals surface area contributed by atoms with E-state index in [1.54, 1.807) is 0 Å². The first-order valence-corrected chi connectivity index (χ1v) is 6.98. The van der Waals surface area contributed by atoms with Crippen LogP contribution in [-0.4, -0.2) is 43.8 Å². The summed E-state index contributed by atoms with van der Waals surface area (Å²) in [5.74, 6) is -1.09. The maximum Gasteiger partial charge on any atom is 0.126 e. The molecule has 1 aromatic carbocycles. The smallest absolute Gasteiger partial charge is 0.126 e. The Kier molecular flexibility index (Phi) is 5.07. The van der Waals surface area contributed by atoms with Gasteiger partial charge in [-0.05, 0) is 24.7 Å². The number of rotatable bonds is 4. The molecule has 0 aromatic heterocycles. The Morgan fingerprint density at radius 3 is 2.55 bits per heavy atom. The monoisotopic (exact) mass is 284 g/mol. The minimum atomic E-state index is -0.547. The zero-order valence-electron chi connectivity index (χ0n) is 12.2. The third-order valence-corrected chi connectivity index (χ3v) is 3.56. The number of benzene rings is 1. The Morgan fingerprint density at radius 1 is 1.30 bits per heavy atom. The zero-order valence-corrected chi connectivity index (χ0v) is 12.2. The number of halogens is 2. The van der Waals surface area contributed by atoms with Gasteiger partial charge in [0, 0.05) is 25.2 Å². The average molecular weight is 284 g/mol. The highest BCUT2D eigenvalue weighted by Gasteiger charge is 2.32. The second-order valence-electron chi connectivity index (χ2n) is 5.60. The van der Waals surface area contributed by atoms with Crippen LogP contribution < -0.4 is 5.32 Å². The van der Waals surface area contributed by atoms with Crippen LogP contribution in [0.25, 0.3) is 0 Å². The highest BCUT2D eigenvalue weighted by molar-refractivity contribution is 5.23. The van der Waals surface area contributed by atoms with Gasteiger partial charge >= 0.3 is 0 Å². The van der Waals surface area contributed by atoms with Gasteiger partial charge < -0.3 is 10.1 Å². The van der Waals surface area contributed by atoms with Crippen LogP contribution >= 0.6 is 0 Å². The molecule has 1 heterocycles. The molecule has 0 aliphatic carbocycles. The molecule has 2 rings (SSSR count). The van der Waals surface area contributed by atoms with Crippen molar-refractivity contribution in [3.05, 3.63) is 35.4 Å². The molecule has 3 nitrogen and oxygen atoms in total. The van der Waals surface area contributed by atoms with E-state index in [1.807, 2.05) is 7.05 Å². The van der Waals surface area contributed by atoms with Gasteiger partial charge in [-0.3, -0.25) is 4.90 Å². The van der Waals surface area contributed by atoms with Gasteiger partial charge in [0.15, 0.2) is 0 Å². The third kappa shape index (κ3) is 3.75. The normalized spacial score (nSPS) is 24.3. The molecule has 112 valence electrons. The Hall–Kier alpha value is -1.04. The van der Waals surface area contributed by atoms with Crippen molar-refractivity contribution in [3.8, 4) is 0 Å². The molecule has 1 aliphatic rings. The fraction of sp³-hybridized carbons (Fsp3) is 0.600. The van der Waals surface area contributed by atoms with E-state index in [-0.39, 0.29) is 12.1 Å². The van der Waals surface area contributed by atoms with E-state index in [9.17, 15) is 8.78 Å². The average Bonchev–Trinajstić information content (AvgIpc) is 2.35. The van der Waals surface area contributed by atoms with Crippen molar-refractivity contribution in [3.63, 3.8) is 0 Å². The summed E-state index contributed by atoms with van der Waals surface area (Å²) in [6.45, 7) is 6.16. The number of morpholine rings is 1. The Labute approximate surface area is 118 Å². The molecule has 1 N–H and O–H groups in total. The van der Waals surface area contributed by atoms with Gasteiger partial charge in [-0.25, -0.2) is 8.78 Å². The standard InChI is InChI=1S/C15H22F2N2O/c1-10(2)18-9-14-15(19(3)4-5-20-14)11-6-12(16)8-13(17)7-11/h6-8,10,14-15,18H,4-5,9H2,1-3H3. The predicted octanol–water partition coefficient (Wildman–Crippen LogP) is 2.33. The first-order chi connectivity index (χ1) is 9.47. The summed E-state index contributed by atoms with van der Waals surface area (Å²) >= 11 is 0. The largest absolute Gasteiger partial charge is 0.374 e. The first kappa shape index (κ1) is 15.4. The van der Waals surface area contributed by atoms with Crippen LogP contribution in [-0.2, 0) is 4.74 Å². The van der Waals surface area contributed by atoms with Gasteiger partial charge in [0.1, 0.15) is 11.6 Å². The van der Waals surface area contributed by atoms with Crippen molar-refractivity contribution in [1.82, 2.24) is 10.2 Å². The maximum absolute atomic E-state index is 13.4. The SMILES string of the molecule is CC(C)NCC1OCCN(C)C1c1cc(F)cc(F)c1. The van der Waals surface area contributed by atoms with Crippen molar-refractivity contribution in [2.75, 3.05) is 26.7 Å². The fourth-order valence-corrected chi connectivity index (χ4v) is 2.60. The Morgan fingerprint density at radius 2 is 1.95 bits per heavy atom. The number of nitrogens with zero attached hydrogens (tertiary/aromatic N) is 1. The maximum atomic E-state index is 13.4. The van der Waals surface area contributed by atoms with E-state index >= 15 is 0 Å². The lowest BCUT2D eigenvalue weighted by molar-refractivity contribution is -0.0621. The van der Waals surface area contributed by atoms with Crippen LogP contribution in [0.5, 0.6) is 0 Å². The summed E-state index contributed by atoms with van der Waals surface area (Å²) in [6.07, 6.45) is -0.114. The summed E-state index contributed by atoms with van der Waals surface area (Å²) in [6, 6.07) is 3.88. The molecule has 0 radical (unpaired) electrons. The number of nitrogens with one attached hydrogen (secondary N) is 1. The predicted molar refractivity (Wildman–Crippen MR) is 74.6 cm³/mol. The van der Waals surface area contributed by atoms with Gasteiger partial charge in [0.2, 0.25) is 0 Å². The van der Waals surface area contributed by atoms with Crippen molar-refractivity contribution < 1.29 is 13.5 Å². The summed E-state index contributed by atoms with van der Waals surface area (Å²) < 4.78 is 32.7. The topological polar surface area (TPSA) is 24.5 Å². The molecule has 0 saturated carbocycles. The van der Waals surface area contributed by atoms with Crippen LogP contribution in [0, 0.1) is 11.6 Å². The molecule has 0 bridgehead atoms. The summed E-state index contributed by atoms with van der Waals surface area (Å²) in [7, 11) is 1.96. The third-order valence-electron chi connectivity index (χ3n) is 3.56. The Balaban J connectivity index is 2.22. The second-order valence-corrected chi connectivity index (χ2v) is 5.60. The molecule has 20 heavy (non-hydrogen) atoms. The van der Waals surface area contributed by atoms with E-state index in [2.05, 4.69) is 24.1 Å². The molecular formula is C15H22F2N2O. The second kappa shape index (κ2) is 6.61. The molecule has 1 saturated heterocycles. The van der Waals surface area contributed by atoms with Crippen molar-refractivity contribution in [2.45, 2.75) is 32.0 Å². The van der Waals surface area contributed by atoms with E-state index in [1.165, 1.54) is 12.1 Å². The lowest BCUT2D eigenvalue weighted by Crippen LogP contribution is -2.48. The molecule has 2 unspecified atom stereocenters. The molecule has 0 amide bonds. The molecule has 2 atom stereocenters. The minimum absolute atomic E-state index is 0.114. The van der Waals surface area contributed by atoms with Crippen LogP contribution in [0.3, 0.4) is 0 Å². The lowest BCUT2D eigenvalue weighted by atomic mass is 9.98. The first-order valence-electron chi connectivity index (χ1n) is 6.98. The van der Waals surface area contributed by atoms with E-state index < -0.39 is 11.6 Å². The van der Waals surface area contributed by atoms with Crippen LogP contribution in [0.1, 0.15) is 25.5 Å². The van der Waals surface area contributed by atoms with Gasteiger partial charge in [0.25, 0.3) is 0 Å². The molecule has 1 fully saturated rings. The minimum Gasteiger partial charge on any atom is -0.374 e. The summed E-state index contributed by atoms with van der Waals surface area (Å²) in [5.41, 5.74) is 0.625. The molecular weight excluding hydrogens is 262 g/mol. The molecule has 1 aliphatic heterocycles. The number of hydrogen-bond acceptors (Lipinski definition) is 3. The van der Waals surface area contributed by atoms with Crippen molar-refractivity contribution in [1.29, 1.82) is 0 Å². The number of likely N-dealkylation sites (N-methyl/N-ethyl adjacent to an activating group) is 1. The van der Waals surface area contributed by atoms with Crippen molar-refractivity contribution in [2.24, 2.45) is 0 Å². The zero-order chi connectivity index (χ0) is 14.7. The van der Waals surface area contributed by atoms with E-state index in [0.717, 1.165) is 12.6 Å². The summed E-state index contributed by atoms with van der Waals surface area (Å²) in [5, 5.41) is 3.33. The van der Waals surface area contributed by atoms with Gasteiger partial charge in [-0.1, -0.05) is 13.8 Å². The highest BCUT2D eigenvalue weighted by Crippen LogP contribution is 2.29. The quantitative estimate of drug-likeness (QED) is 0.918. The van der Waals surface area contributed by atoms with Gasteiger partial charge in [-0.15, -0.1) is 0 Å². The van der Waals surface area contributed by atoms with Crippen LogP contribution in [0.4, 0.5) is 8.78 Å². The molecule has 5 heteroatoms. The van der Waals surface area contributed by atoms with E-state index in [0.29, 0.717) is 24.8 Å². The lowest BCUT2D eigenvalue weighted by Gasteiger charge is -2.39. The molecule has 1 aromatic rings. The fourth-order valence-electron chi connectivity index (χ4n) is 2.60. The van der Waals surface area contributed by atoms with Gasteiger partial charge in [-0.2, -0.15) is 0 Å². The van der Waals surface area contributed by atoms with E-state index in [4.69, 9.17) is 4.74 Å². The highest BCUT2D eigenvalue weighted by atomic mass is 19.1. The van der Waals surface area contributed by atoms with Crippen LogP contribution in [0.2, 0.25) is 0 Å². The van der Waals surface area contributed by atoms with Crippen LogP contribution in [0.15, 0.2) is 18.2 Å². The van der Waals surface area contributed by atoms with Gasteiger partial charge in [0.05, 0.1) is 18.8 Å². The molecule has 0 spiro atoms. The van der Waals surface area contributed by atoms with Crippen molar-refractivity contribution >= 4 is 0 Å². The number of hydrogen-bond donors (Lipinski definition) is 1. The Bertz CT molecular complexity index is 433. The summed E-state index contributed by atoms with van der Waals surface area (Å²) in [4.78, 5) is 2.09.